The largest absolute Gasteiger partial charge is 0.508 e. The van der Waals surface area contributed by atoms with Crippen molar-refractivity contribution in [2.24, 2.45) is 11.8 Å². The van der Waals surface area contributed by atoms with Gasteiger partial charge in [0.1, 0.15) is 17.1 Å². The van der Waals surface area contributed by atoms with Crippen molar-refractivity contribution < 1.29 is 14.9 Å². The summed E-state index contributed by atoms with van der Waals surface area (Å²) in [6.07, 6.45) is 7.25. The van der Waals surface area contributed by atoms with Gasteiger partial charge in [0.05, 0.1) is 6.10 Å². The lowest BCUT2D eigenvalue weighted by Crippen LogP contribution is -2.47. The molecule has 1 aliphatic heterocycles. The third-order valence-corrected chi connectivity index (χ3v) is 7.24. The molecule has 1 saturated carbocycles. The number of fused-ring (bicyclic) bond motifs is 3. The normalized spacial score (nSPS) is 28.6. The fourth-order valence-electron chi connectivity index (χ4n) is 5.31. The molecule has 1 aromatic carbocycles. The van der Waals surface area contributed by atoms with Gasteiger partial charge in [-0.2, -0.15) is 0 Å². The maximum Gasteiger partial charge on any atom is 0.127 e. The molecule has 1 fully saturated rings. The first kappa shape index (κ1) is 20.5. The molecule has 3 rings (SSSR count). The quantitative estimate of drug-likeness (QED) is 0.589. The Morgan fingerprint density at radius 2 is 1.93 bits per heavy atom. The molecule has 5 atom stereocenters. The highest BCUT2D eigenvalue weighted by molar-refractivity contribution is 5.52. The van der Waals surface area contributed by atoms with Crippen molar-refractivity contribution >= 4 is 0 Å². The number of aromatic hydroxyl groups is 1. The highest BCUT2D eigenvalue weighted by Crippen LogP contribution is 2.55. The van der Waals surface area contributed by atoms with E-state index in [2.05, 4.69) is 40.7 Å². The number of phenolic OH excluding ortho intramolecular Hbond substituents is 1. The molecule has 1 aromatic rings. The standard InChI is InChI=1S/C24H38O3/c1-6-7-8-9-15(2)16(3)17-12-21(26)23-19-14-18(25)10-11-20(19)24(4,5)27-22(23)13-17/h12-13,15-16,18-20,25-26H,6-11,14H2,1-5H3. The zero-order valence-corrected chi connectivity index (χ0v) is 17.8. The van der Waals surface area contributed by atoms with Gasteiger partial charge in [-0.25, -0.2) is 0 Å². The Bertz CT molecular complexity index is 651. The third kappa shape index (κ3) is 4.13. The molecule has 5 unspecified atom stereocenters. The van der Waals surface area contributed by atoms with Crippen LogP contribution in [0.5, 0.6) is 11.5 Å². The molecule has 3 heteroatoms. The van der Waals surface area contributed by atoms with Gasteiger partial charge in [0.15, 0.2) is 0 Å². The summed E-state index contributed by atoms with van der Waals surface area (Å²) in [5, 5.41) is 21.1. The van der Waals surface area contributed by atoms with Gasteiger partial charge in [0.25, 0.3) is 0 Å². The molecule has 0 amide bonds. The van der Waals surface area contributed by atoms with Crippen LogP contribution in [0.3, 0.4) is 0 Å². The maximum absolute atomic E-state index is 10.9. The Morgan fingerprint density at radius 3 is 2.63 bits per heavy atom. The van der Waals surface area contributed by atoms with Gasteiger partial charge in [0, 0.05) is 17.4 Å². The summed E-state index contributed by atoms with van der Waals surface area (Å²) in [5.74, 6) is 2.68. The van der Waals surface area contributed by atoms with E-state index in [0.717, 1.165) is 30.6 Å². The van der Waals surface area contributed by atoms with E-state index in [1.165, 1.54) is 31.2 Å². The van der Waals surface area contributed by atoms with Crippen LogP contribution >= 0.6 is 0 Å². The number of aliphatic hydroxyl groups excluding tert-OH is 1. The molecule has 2 aliphatic rings. The van der Waals surface area contributed by atoms with E-state index in [-0.39, 0.29) is 17.6 Å². The number of hydrogen-bond donors (Lipinski definition) is 2. The van der Waals surface area contributed by atoms with Gasteiger partial charge < -0.3 is 14.9 Å². The number of ether oxygens (including phenoxy) is 1. The van der Waals surface area contributed by atoms with Crippen LogP contribution in [0.15, 0.2) is 12.1 Å². The number of hydrogen-bond acceptors (Lipinski definition) is 3. The van der Waals surface area contributed by atoms with E-state index in [0.29, 0.717) is 23.5 Å². The van der Waals surface area contributed by atoms with E-state index in [4.69, 9.17) is 4.74 Å². The van der Waals surface area contributed by atoms with Gasteiger partial charge in [0.2, 0.25) is 0 Å². The first-order valence-corrected chi connectivity index (χ1v) is 11.0. The molecule has 152 valence electrons. The number of unbranched alkanes of at least 4 members (excludes halogenated alkanes) is 2. The van der Waals surface area contributed by atoms with Crippen LogP contribution in [0, 0.1) is 11.8 Å². The molecule has 2 N–H and O–H groups in total. The second-order valence-corrected chi connectivity index (χ2v) is 9.60. The van der Waals surface area contributed by atoms with Gasteiger partial charge in [-0.15, -0.1) is 0 Å². The van der Waals surface area contributed by atoms with E-state index < -0.39 is 0 Å². The Labute approximate surface area is 165 Å². The predicted molar refractivity (Wildman–Crippen MR) is 111 cm³/mol. The topological polar surface area (TPSA) is 49.7 Å². The molecule has 0 bridgehead atoms. The SMILES string of the molecule is CCCCCC(C)C(C)c1cc(O)c2c(c1)OC(C)(C)C1CCC(O)CC21. The van der Waals surface area contributed by atoms with Gasteiger partial charge in [-0.3, -0.25) is 0 Å². The molecule has 3 nitrogen and oxygen atoms in total. The van der Waals surface area contributed by atoms with E-state index in [1.807, 2.05) is 6.07 Å². The molecule has 27 heavy (non-hydrogen) atoms. The molecule has 0 radical (unpaired) electrons. The molecular formula is C24H38O3. The van der Waals surface area contributed by atoms with Crippen LogP contribution in [0.1, 0.15) is 103 Å². The second-order valence-electron chi connectivity index (χ2n) is 9.60. The first-order chi connectivity index (χ1) is 12.7. The smallest absolute Gasteiger partial charge is 0.127 e. The summed E-state index contributed by atoms with van der Waals surface area (Å²) < 4.78 is 6.43. The Balaban J connectivity index is 1.89. The Morgan fingerprint density at radius 1 is 1.19 bits per heavy atom. The zero-order chi connectivity index (χ0) is 19.8. The van der Waals surface area contributed by atoms with Crippen molar-refractivity contribution in [2.75, 3.05) is 0 Å². The van der Waals surface area contributed by atoms with Crippen molar-refractivity contribution in [3.63, 3.8) is 0 Å². The lowest BCUT2D eigenvalue weighted by molar-refractivity contribution is -0.0317. The Hall–Kier alpha value is -1.22. The molecule has 0 aromatic heterocycles. The van der Waals surface area contributed by atoms with Crippen LogP contribution in [-0.4, -0.2) is 21.9 Å². The van der Waals surface area contributed by atoms with Crippen LogP contribution in [0.4, 0.5) is 0 Å². The van der Waals surface area contributed by atoms with Gasteiger partial charge in [-0.05, 0) is 62.6 Å². The summed E-state index contributed by atoms with van der Waals surface area (Å²) >= 11 is 0. The fourth-order valence-corrected chi connectivity index (χ4v) is 5.31. The highest BCUT2D eigenvalue weighted by Gasteiger charge is 2.47. The average molecular weight is 375 g/mol. The van der Waals surface area contributed by atoms with Crippen LogP contribution in [-0.2, 0) is 0 Å². The predicted octanol–water partition coefficient (Wildman–Crippen LogP) is 6.13. The minimum atomic E-state index is -0.274. The molecule has 1 aliphatic carbocycles. The second kappa shape index (κ2) is 8.03. The van der Waals surface area contributed by atoms with Crippen molar-refractivity contribution in [1.29, 1.82) is 0 Å². The van der Waals surface area contributed by atoms with Crippen molar-refractivity contribution in [1.82, 2.24) is 0 Å². The summed E-state index contributed by atoms with van der Waals surface area (Å²) in [6, 6.07) is 4.12. The van der Waals surface area contributed by atoms with E-state index in [9.17, 15) is 10.2 Å². The Kier molecular flexibility index (Phi) is 6.10. The summed E-state index contributed by atoms with van der Waals surface area (Å²) in [5.41, 5.74) is 1.83. The lowest BCUT2D eigenvalue weighted by Gasteiger charge is -2.48. The van der Waals surface area contributed by atoms with Crippen LogP contribution in [0.25, 0.3) is 0 Å². The minimum Gasteiger partial charge on any atom is -0.508 e. The summed E-state index contributed by atoms with van der Waals surface area (Å²) in [7, 11) is 0. The summed E-state index contributed by atoms with van der Waals surface area (Å²) in [4.78, 5) is 0. The third-order valence-electron chi connectivity index (χ3n) is 7.24. The van der Waals surface area contributed by atoms with Crippen molar-refractivity contribution in [2.45, 2.75) is 103 Å². The maximum atomic E-state index is 10.9. The average Bonchev–Trinajstić information content (AvgIpc) is 2.59. The molecule has 1 heterocycles. The molecule has 0 spiro atoms. The zero-order valence-electron chi connectivity index (χ0n) is 17.8. The van der Waals surface area contributed by atoms with Gasteiger partial charge >= 0.3 is 0 Å². The van der Waals surface area contributed by atoms with Crippen molar-refractivity contribution in [3.8, 4) is 11.5 Å². The number of benzene rings is 1. The van der Waals surface area contributed by atoms with Crippen molar-refractivity contribution in [3.05, 3.63) is 23.3 Å². The summed E-state index contributed by atoms with van der Waals surface area (Å²) in [6.45, 7) is 11.1. The van der Waals surface area contributed by atoms with Crippen LogP contribution in [0.2, 0.25) is 0 Å². The monoisotopic (exact) mass is 374 g/mol. The van der Waals surface area contributed by atoms with Crippen LogP contribution < -0.4 is 4.74 Å². The first-order valence-electron chi connectivity index (χ1n) is 11.0. The fraction of sp³-hybridized carbons (Fsp3) is 0.750. The number of rotatable bonds is 6. The molecule has 0 saturated heterocycles. The highest BCUT2D eigenvalue weighted by atomic mass is 16.5. The van der Waals surface area contributed by atoms with Gasteiger partial charge in [-0.1, -0.05) is 46.5 Å². The molecular weight excluding hydrogens is 336 g/mol. The number of aliphatic hydroxyl groups is 1. The lowest BCUT2D eigenvalue weighted by atomic mass is 9.65. The number of phenols is 1. The van der Waals surface area contributed by atoms with E-state index >= 15 is 0 Å². The van der Waals surface area contributed by atoms with E-state index in [1.54, 1.807) is 0 Å². The minimum absolute atomic E-state index is 0.179.